The van der Waals surface area contributed by atoms with E-state index in [1.165, 1.54) is 17.4 Å². The van der Waals surface area contributed by atoms with Crippen molar-refractivity contribution in [3.63, 3.8) is 0 Å². The largest absolute Gasteiger partial charge is 0.329 e. The van der Waals surface area contributed by atoms with E-state index in [-0.39, 0.29) is 29.9 Å². The lowest BCUT2D eigenvalue weighted by Crippen LogP contribution is -2.39. The highest BCUT2D eigenvalue weighted by atomic mass is 35.5. The summed E-state index contributed by atoms with van der Waals surface area (Å²) in [5.74, 6) is 0. The second-order valence-corrected chi connectivity index (χ2v) is 6.42. The Morgan fingerprint density at radius 1 is 1.44 bits per heavy atom. The highest BCUT2D eigenvalue weighted by Gasteiger charge is 2.25. The fourth-order valence-electron chi connectivity index (χ4n) is 1.44. The predicted octanol–water partition coefficient (Wildman–Crippen LogP) is 2.04. The van der Waals surface area contributed by atoms with E-state index in [1.54, 1.807) is 26.0 Å². The lowest BCUT2D eigenvalue weighted by atomic mass is 10.2. The molecule has 0 aliphatic heterocycles. The van der Waals surface area contributed by atoms with Crippen LogP contribution in [-0.2, 0) is 10.0 Å². The molecule has 1 aromatic carbocycles. The summed E-state index contributed by atoms with van der Waals surface area (Å²) in [4.78, 5) is 0.268. The zero-order valence-corrected chi connectivity index (χ0v) is 12.9. The van der Waals surface area contributed by atoms with Gasteiger partial charge in [0.25, 0.3) is 0 Å². The minimum Gasteiger partial charge on any atom is -0.329 e. The van der Waals surface area contributed by atoms with Crippen molar-refractivity contribution >= 4 is 34.0 Å². The van der Waals surface area contributed by atoms with Gasteiger partial charge >= 0.3 is 0 Å². The van der Waals surface area contributed by atoms with E-state index in [2.05, 4.69) is 0 Å². The number of likely N-dealkylation sites (N-methyl/N-ethyl adjacent to an activating group) is 1. The number of nitrogens with zero attached hydrogens (tertiary/aromatic N) is 1. The number of hydrogen-bond acceptors (Lipinski definition) is 3. The van der Waals surface area contributed by atoms with Gasteiger partial charge in [0.2, 0.25) is 10.0 Å². The van der Waals surface area contributed by atoms with Gasteiger partial charge in [0, 0.05) is 24.7 Å². The Morgan fingerprint density at radius 3 is 2.44 bits per heavy atom. The number of halogens is 2. The predicted molar refractivity (Wildman–Crippen MR) is 76.9 cm³/mol. The Hall–Kier alpha value is -0.330. The van der Waals surface area contributed by atoms with Crippen molar-refractivity contribution in [3.05, 3.63) is 28.8 Å². The topological polar surface area (TPSA) is 63.4 Å². The number of rotatable bonds is 4. The Morgan fingerprint density at radius 2 is 2.00 bits per heavy atom. The SMILES string of the molecule is Cc1cc(Cl)ccc1S(=O)(=O)N(C)C(C)CN.Cl. The van der Waals surface area contributed by atoms with Crippen LogP contribution in [0.2, 0.25) is 5.02 Å². The molecule has 0 saturated heterocycles. The summed E-state index contributed by atoms with van der Waals surface area (Å²) in [6.45, 7) is 3.77. The summed E-state index contributed by atoms with van der Waals surface area (Å²) in [6.07, 6.45) is 0. The van der Waals surface area contributed by atoms with Gasteiger partial charge in [-0.3, -0.25) is 0 Å². The molecule has 2 N–H and O–H groups in total. The highest BCUT2D eigenvalue weighted by Crippen LogP contribution is 2.23. The van der Waals surface area contributed by atoms with E-state index in [1.807, 2.05) is 0 Å². The van der Waals surface area contributed by atoms with Crippen molar-refractivity contribution in [3.8, 4) is 0 Å². The fourth-order valence-corrected chi connectivity index (χ4v) is 3.25. The van der Waals surface area contributed by atoms with Crippen molar-refractivity contribution in [2.75, 3.05) is 13.6 Å². The van der Waals surface area contributed by atoms with Gasteiger partial charge in [-0.2, -0.15) is 4.31 Å². The monoisotopic (exact) mass is 312 g/mol. The van der Waals surface area contributed by atoms with Gasteiger partial charge in [-0.15, -0.1) is 12.4 Å². The first-order chi connectivity index (χ1) is 7.80. The van der Waals surface area contributed by atoms with Crippen LogP contribution in [0.15, 0.2) is 23.1 Å². The van der Waals surface area contributed by atoms with Crippen LogP contribution in [-0.4, -0.2) is 32.4 Å². The van der Waals surface area contributed by atoms with Crippen LogP contribution in [0, 0.1) is 6.92 Å². The summed E-state index contributed by atoms with van der Waals surface area (Å²) in [7, 11) is -1.97. The van der Waals surface area contributed by atoms with E-state index in [4.69, 9.17) is 17.3 Å². The molecule has 0 aliphatic carbocycles. The molecule has 0 aromatic heterocycles. The smallest absolute Gasteiger partial charge is 0.243 e. The van der Waals surface area contributed by atoms with Gasteiger partial charge in [-0.05, 0) is 37.6 Å². The van der Waals surface area contributed by atoms with E-state index in [9.17, 15) is 8.42 Å². The van der Waals surface area contributed by atoms with E-state index in [0.717, 1.165) is 0 Å². The first-order valence-electron chi connectivity index (χ1n) is 5.25. The minimum atomic E-state index is -3.50. The Kier molecular flexibility index (Phi) is 6.60. The lowest BCUT2D eigenvalue weighted by molar-refractivity contribution is 0.394. The molecule has 0 heterocycles. The molecular weight excluding hydrogens is 295 g/mol. The molecule has 104 valence electrons. The third-order valence-electron chi connectivity index (χ3n) is 2.76. The molecule has 1 atom stereocenters. The van der Waals surface area contributed by atoms with Gasteiger partial charge in [-0.1, -0.05) is 11.6 Å². The van der Waals surface area contributed by atoms with E-state index in [0.29, 0.717) is 10.6 Å². The maximum absolute atomic E-state index is 12.3. The number of benzene rings is 1. The molecule has 0 spiro atoms. The van der Waals surface area contributed by atoms with Crippen molar-refractivity contribution in [2.24, 2.45) is 5.73 Å². The van der Waals surface area contributed by atoms with Crippen LogP contribution in [0.5, 0.6) is 0 Å². The molecule has 0 fully saturated rings. The molecule has 4 nitrogen and oxygen atoms in total. The maximum Gasteiger partial charge on any atom is 0.243 e. The summed E-state index contributed by atoms with van der Waals surface area (Å²) in [6, 6.07) is 4.49. The second kappa shape index (κ2) is 6.73. The zero-order valence-electron chi connectivity index (χ0n) is 10.6. The van der Waals surface area contributed by atoms with Crippen molar-refractivity contribution in [1.82, 2.24) is 4.31 Å². The van der Waals surface area contributed by atoms with Gasteiger partial charge in [0.15, 0.2) is 0 Å². The maximum atomic E-state index is 12.3. The quantitative estimate of drug-likeness (QED) is 0.925. The van der Waals surface area contributed by atoms with Crippen LogP contribution in [0.25, 0.3) is 0 Å². The molecule has 1 aromatic rings. The summed E-state index contributed by atoms with van der Waals surface area (Å²) in [5, 5.41) is 0.524. The molecule has 1 unspecified atom stereocenters. The molecular formula is C11H18Cl2N2O2S. The van der Waals surface area contributed by atoms with Gasteiger partial charge < -0.3 is 5.73 Å². The molecule has 18 heavy (non-hydrogen) atoms. The van der Waals surface area contributed by atoms with Crippen molar-refractivity contribution in [2.45, 2.75) is 24.8 Å². The summed E-state index contributed by atoms with van der Waals surface area (Å²) >= 11 is 5.81. The molecule has 0 saturated carbocycles. The number of nitrogens with two attached hydrogens (primary N) is 1. The highest BCUT2D eigenvalue weighted by molar-refractivity contribution is 7.89. The number of sulfonamides is 1. The van der Waals surface area contributed by atoms with Crippen LogP contribution in [0.3, 0.4) is 0 Å². The fraction of sp³-hybridized carbons (Fsp3) is 0.455. The Balaban J connectivity index is 0.00000289. The van der Waals surface area contributed by atoms with Gasteiger partial charge in [0.1, 0.15) is 0 Å². The number of aryl methyl sites for hydroxylation is 1. The van der Waals surface area contributed by atoms with Gasteiger partial charge in [-0.25, -0.2) is 8.42 Å². The van der Waals surface area contributed by atoms with Crippen molar-refractivity contribution < 1.29 is 8.42 Å². The second-order valence-electron chi connectivity index (χ2n) is 4.02. The molecule has 7 heteroatoms. The Bertz CT molecular complexity index is 506. The standard InChI is InChI=1S/C11H17ClN2O2S.ClH/c1-8-6-10(12)4-5-11(8)17(15,16)14(3)9(2)7-13;/h4-6,9H,7,13H2,1-3H3;1H. The molecule has 0 amide bonds. The lowest BCUT2D eigenvalue weighted by Gasteiger charge is -2.23. The minimum absolute atomic E-state index is 0. The first-order valence-corrected chi connectivity index (χ1v) is 7.06. The third kappa shape index (κ3) is 3.59. The average Bonchev–Trinajstić information content (AvgIpc) is 2.26. The van der Waals surface area contributed by atoms with Gasteiger partial charge in [0.05, 0.1) is 4.90 Å². The summed E-state index contributed by atoms with van der Waals surface area (Å²) < 4.78 is 25.9. The Labute approximate surface area is 120 Å². The average molecular weight is 313 g/mol. The van der Waals surface area contributed by atoms with Crippen LogP contribution < -0.4 is 5.73 Å². The normalized spacial score (nSPS) is 13.2. The molecule has 0 radical (unpaired) electrons. The van der Waals surface area contributed by atoms with E-state index >= 15 is 0 Å². The third-order valence-corrected chi connectivity index (χ3v) is 5.12. The summed E-state index contributed by atoms with van der Waals surface area (Å²) in [5.41, 5.74) is 6.12. The molecule has 0 bridgehead atoms. The van der Waals surface area contributed by atoms with Crippen LogP contribution in [0.4, 0.5) is 0 Å². The van der Waals surface area contributed by atoms with Crippen LogP contribution in [0.1, 0.15) is 12.5 Å². The van der Waals surface area contributed by atoms with Crippen LogP contribution >= 0.6 is 24.0 Å². The molecule has 0 aliphatic rings. The van der Waals surface area contributed by atoms with E-state index < -0.39 is 10.0 Å². The number of hydrogen-bond donors (Lipinski definition) is 1. The zero-order chi connectivity index (χ0) is 13.2. The van der Waals surface area contributed by atoms with Crippen molar-refractivity contribution in [1.29, 1.82) is 0 Å². The molecule has 1 rings (SSSR count). The first kappa shape index (κ1) is 17.7.